The van der Waals surface area contributed by atoms with E-state index in [1.165, 1.54) is 11.4 Å². The fraction of sp³-hybridized carbons (Fsp3) is 0.692. The molecule has 1 aromatic rings. The first kappa shape index (κ1) is 24.4. The van der Waals surface area contributed by atoms with Crippen molar-refractivity contribution in [1.82, 2.24) is 9.80 Å². The summed E-state index contributed by atoms with van der Waals surface area (Å²) in [6.07, 6.45) is 4.08. The van der Waals surface area contributed by atoms with Crippen molar-refractivity contribution in [1.29, 1.82) is 0 Å². The van der Waals surface area contributed by atoms with Crippen LogP contribution in [0.15, 0.2) is 24.3 Å². The summed E-state index contributed by atoms with van der Waals surface area (Å²) >= 11 is 0. The standard InChI is InChI=1S/C26H42N4O2/c1-5-27(6-2)25(31)21-11-9-17-29(19-21)23-13-15-24(16-14-23)30-18-10-12-22(20-30)26(32)28(7-3)8-4/h13-16,21-22H,5-12,17-20H2,1-4H3. The second-order valence-corrected chi connectivity index (χ2v) is 9.11. The Hall–Kier alpha value is -2.24. The van der Waals surface area contributed by atoms with Crippen LogP contribution in [0, 0.1) is 11.8 Å². The van der Waals surface area contributed by atoms with Crippen molar-refractivity contribution in [3.05, 3.63) is 24.3 Å². The average Bonchev–Trinajstić information content (AvgIpc) is 2.85. The molecule has 1 aromatic carbocycles. The molecule has 0 N–H and O–H groups in total. The SMILES string of the molecule is CCN(CC)C(=O)C1CCCN(c2ccc(N3CCCC(C(=O)N(CC)CC)C3)cc2)C1. The van der Waals surface area contributed by atoms with Gasteiger partial charge in [-0.3, -0.25) is 9.59 Å². The van der Waals surface area contributed by atoms with Gasteiger partial charge in [-0.15, -0.1) is 0 Å². The first-order valence-electron chi connectivity index (χ1n) is 12.7. The zero-order valence-corrected chi connectivity index (χ0v) is 20.6. The first-order chi connectivity index (χ1) is 15.5. The summed E-state index contributed by atoms with van der Waals surface area (Å²) in [6.45, 7) is 15.0. The number of nitrogens with zero attached hydrogens (tertiary/aromatic N) is 4. The van der Waals surface area contributed by atoms with Gasteiger partial charge in [0.2, 0.25) is 11.8 Å². The Morgan fingerprint density at radius 1 is 0.719 bits per heavy atom. The maximum absolute atomic E-state index is 12.8. The molecule has 2 saturated heterocycles. The molecule has 0 aliphatic carbocycles. The molecule has 6 nitrogen and oxygen atoms in total. The van der Waals surface area contributed by atoms with Gasteiger partial charge in [0.25, 0.3) is 0 Å². The quantitative estimate of drug-likeness (QED) is 0.613. The van der Waals surface area contributed by atoms with Crippen LogP contribution in [-0.4, -0.2) is 74.0 Å². The Kier molecular flexibility index (Phi) is 8.83. The third kappa shape index (κ3) is 5.57. The van der Waals surface area contributed by atoms with E-state index in [1.54, 1.807) is 0 Å². The summed E-state index contributed by atoms with van der Waals surface area (Å²) in [5.41, 5.74) is 2.39. The molecule has 0 bridgehead atoms. The molecule has 2 unspecified atom stereocenters. The molecule has 2 amide bonds. The van der Waals surface area contributed by atoms with E-state index in [4.69, 9.17) is 0 Å². The predicted octanol–water partition coefficient (Wildman–Crippen LogP) is 3.86. The van der Waals surface area contributed by atoms with E-state index in [9.17, 15) is 9.59 Å². The molecule has 2 aliphatic heterocycles. The number of rotatable bonds is 8. The molecule has 2 fully saturated rings. The topological polar surface area (TPSA) is 47.1 Å². The van der Waals surface area contributed by atoms with Crippen LogP contribution in [0.5, 0.6) is 0 Å². The van der Waals surface area contributed by atoms with Crippen LogP contribution in [-0.2, 0) is 9.59 Å². The summed E-state index contributed by atoms with van der Waals surface area (Å²) in [5, 5.41) is 0. The molecule has 0 radical (unpaired) electrons. The van der Waals surface area contributed by atoms with Gasteiger partial charge < -0.3 is 19.6 Å². The van der Waals surface area contributed by atoms with Crippen LogP contribution in [0.1, 0.15) is 53.4 Å². The van der Waals surface area contributed by atoms with Gasteiger partial charge in [-0.1, -0.05) is 0 Å². The van der Waals surface area contributed by atoms with Gasteiger partial charge in [0.05, 0.1) is 11.8 Å². The van der Waals surface area contributed by atoms with Crippen LogP contribution in [0.2, 0.25) is 0 Å². The van der Waals surface area contributed by atoms with Crippen LogP contribution < -0.4 is 9.80 Å². The Balaban J connectivity index is 1.63. The van der Waals surface area contributed by atoms with E-state index in [0.29, 0.717) is 11.8 Å². The lowest BCUT2D eigenvalue weighted by Gasteiger charge is -2.37. The smallest absolute Gasteiger partial charge is 0.227 e. The highest BCUT2D eigenvalue weighted by molar-refractivity contribution is 5.80. The number of carbonyl (C=O) groups excluding carboxylic acids is 2. The van der Waals surface area contributed by atoms with Gasteiger partial charge >= 0.3 is 0 Å². The number of hydrogen-bond donors (Lipinski definition) is 0. The molecule has 0 saturated carbocycles. The summed E-state index contributed by atoms with van der Waals surface area (Å²) < 4.78 is 0. The van der Waals surface area contributed by atoms with E-state index in [-0.39, 0.29) is 11.8 Å². The lowest BCUT2D eigenvalue weighted by atomic mass is 9.95. The molecular weight excluding hydrogens is 400 g/mol. The van der Waals surface area contributed by atoms with E-state index in [2.05, 4.69) is 61.8 Å². The molecule has 2 atom stereocenters. The Bertz CT molecular complexity index is 680. The van der Waals surface area contributed by atoms with Crippen molar-refractivity contribution in [2.45, 2.75) is 53.4 Å². The first-order valence-corrected chi connectivity index (χ1v) is 12.7. The van der Waals surface area contributed by atoms with Crippen molar-refractivity contribution in [2.75, 3.05) is 62.2 Å². The summed E-state index contributed by atoms with van der Waals surface area (Å²) in [6, 6.07) is 8.76. The minimum absolute atomic E-state index is 0.0947. The summed E-state index contributed by atoms with van der Waals surface area (Å²) in [7, 11) is 0. The zero-order valence-electron chi connectivity index (χ0n) is 20.6. The van der Waals surface area contributed by atoms with Crippen LogP contribution in [0.25, 0.3) is 0 Å². The number of hydrogen-bond acceptors (Lipinski definition) is 4. The van der Waals surface area contributed by atoms with E-state index < -0.39 is 0 Å². The van der Waals surface area contributed by atoms with Crippen LogP contribution in [0.4, 0.5) is 11.4 Å². The van der Waals surface area contributed by atoms with Gasteiger partial charge in [-0.05, 0) is 77.6 Å². The molecule has 178 valence electrons. The van der Waals surface area contributed by atoms with Gasteiger partial charge in [-0.2, -0.15) is 0 Å². The van der Waals surface area contributed by atoms with E-state index >= 15 is 0 Å². The molecular formula is C26H42N4O2. The number of piperidine rings is 2. The van der Waals surface area contributed by atoms with Crippen LogP contribution >= 0.6 is 0 Å². The van der Waals surface area contributed by atoms with Crippen molar-refractivity contribution in [3.63, 3.8) is 0 Å². The second kappa shape index (κ2) is 11.6. The number of amides is 2. The molecule has 6 heteroatoms. The summed E-state index contributed by atoms with van der Waals surface area (Å²) in [4.78, 5) is 34.3. The summed E-state index contributed by atoms with van der Waals surface area (Å²) in [5.74, 6) is 0.789. The fourth-order valence-corrected chi connectivity index (χ4v) is 5.29. The maximum Gasteiger partial charge on any atom is 0.227 e. The highest BCUT2D eigenvalue weighted by atomic mass is 16.2. The lowest BCUT2D eigenvalue weighted by Crippen LogP contribution is -2.45. The normalized spacial score (nSPS) is 21.4. The third-order valence-corrected chi connectivity index (χ3v) is 7.27. The minimum atomic E-state index is 0.0947. The Labute approximate surface area is 194 Å². The highest BCUT2D eigenvalue weighted by Gasteiger charge is 2.30. The monoisotopic (exact) mass is 442 g/mol. The molecule has 0 aromatic heterocycles. The van der Waals surface area contributed by atoms with Crippen molar-refractivity contribution < 1.29 is 9.59 Å². The van der Waals surface area contributed by atoms with Crippen molar-refractivity contribution in [3.8, 4) is 0 Å². The van der Waals surface area contributed by atoms with Gasteiger partial charge in [0.15, 0.2) is 0 Å². The van der Waals surface area contributed by atoms with Crippen molar-refractivity contribution in [2.24, 2.45) is 11.8 Å². The maximum atomic E-state index is 12.8. The lowest BCUT2D eigenvalue weighted by molar-refractivity contribution is -0.136. The predicted molar refractivity (Wildman–Crippen MR) is 132 cm³/mol. The van der Waals surface area contributed by atoms with E-state index in [0.717, 1.165) is 78.0 Å². The van der Waals surface area contributed by atoms with Crippen LogP contribution in [0.3, 0.4) is 0 Å². The second-order valence-electron chi connectivity index (χ2n) is 9.11. The largest absolute Gasteiger partial charge is 0.371 e. The molecule has 0 spiro atoms. The van der Waals surface area contributed by atoms with Crippen molar-refractivity contribution >= 4 is 23.2 Å². The number of anilines is 2. The number of benzene rings is 1. The average molecular weight is 443 g/mol. The Morgan fingerprint density at radius 3 is 1.38 bits per heavy atom. The zero-order chi connectivity index (χ0) is 23.1. The Morgan fingerprint density at radius 2 is 1.06 bits per heavy atom. The fourth-order valence-electron chi connectivity index (χ4n) is 5.29. The number of carbonyl (C=O) groups is 2. The molecule has 2 heterocycles. The molecule has 32 heavy (non-hydrogen) atoms. The van der Waals surface area contributed by atoms with E-state index in [1.807, 2.05) is 9.80 Å². The highest BCUT2D eigenvalue weighted by Crippen LogP contribution is 2.29. The van der Waals surface area contributed by atoms with Gasteiger partial charge in [-0.25, -0.2) is 0 Å². The third-order valence-electron chi connectivity index (χ3n) is 7.27. The van der Waals surface area contributed by atoms with Gasteiger partial charge in [0.1, 0.15) is 0 Å². The minimum Gasteiger partial charge on any atom is -0.371 e. The molecule has 2 aliphatic rings. The van der Waals surface area contributed by atoms with Gasteiger partial charge in [0, 0.05) is 63.7 Å². The molecule has 3 rings (SSSR count).